The normalized spacial score (nSPS) is 16.3. The first-order valence-corrected chi connectivity index (χ1v) is 4.84. The average molecular weight is 228 g/mol. The zero-order valence-corrected chi connectivity index (χ0v) is 8.66. The number of carbonyl (C=O) groups excluding carboxylic acids is 1. The number of hydrogen-bond acceptors (Lipinski definition) is 5. The molecule has 2 rings (SSSR count). The van der Waals surface area contributed by atoms with E-state index in [1.165, 1.54) is 6.20 Å². The number of halogens is 1. The fraction of sp³-hybridized carbons (Fsp3) is 0.375. The summed E-state index contributed by atoms with van der Waals surface area (Å²) < 4.78 is 0. The van der Waals surface area contributed by atoms with Crippen LogP contribution in [0.3, 0.4) is 0 Å². The highest BCUT2D eigenvalue weighted by Crippen LogP contribution is 2.21. The predicted molar refractivity (Wildman–Crippen MR) is 56.7 cm³/mol. The van der Waals surface area contributed by atoms with Crippen LogP contribution in [-0.4, -0.2) is 35.5 Å². The first-order chi connectivity index (χ1) is 7.16. The van der Waals surface area contributed by atoms with Crippen LogP contribution in [0.5, 0.6) is 0 Å². The number of nitrogens with two attached hydrogens (primary N) is 1. The van der Waals surface area contributed by atoms with Gasteiger partial charge in [-0.1, -0.05) is 0 Å². The Morgan fingerprint density at radius 2 is 2.40 bits per heavy atom. The summed E-state index contributed by atoms with van der Waals surface area (Å²) in [6.07, 6.45) is 1.44. The largest absolute Gasteiger partial charge is 0.394 e. The Kier molecular flexibility index (Phi) is 2.59. The van der Waals surface area contributed by atoms with Crippen molar-refractivity contribution in [2.45, 2.75) is 0 Å². The lowest BCUT2D eigenvalue weighted by atomic mass is 10.3. The van der Waals surface area contributed by atoms with Crippen LogP contribution in [0.1, 0.15) is 0 Å². The molecule has 7 heteroatoms. The molecule has 0 aromatic carbocycles. The molecule has 3 N–H and O–H groups in total. The molecular formula is C8H10ClN5O. The quantitative estimate of drug-likeness (QED) is 0.641. The number of nitrogen functional groups attached to an aromatic ring is 1. The Morgan fingerprint density at radius 3 is 3.13 bits per heavy atom. The molecule has 1 fully saturated rings. The van der Waals surface area contributed by atoms with Gasteiger partial charge in [-0.15, -0.1) is 0 Å². The molecule has 1 saturated heterocycles. The number of carbonyl (C=O) groups is 1. The summed E-state index contributed by atoms with van der Waals surface area (Å²) in [5, 5.41) is 2.85. The van der Waals surface area contributed by atoms with Gasteiger partial charge in [0.15, 0.2) is 5.82 Å². The van der Waals surface area contributed by atoms with E-state index in [2.05, 4.69) is 15.3 Å². The zero-order valence-electron chi connectivity index (χ0n) is 7.90. The van der Waals surface area contributed by atoms with E-state index >= 15 is 0 Å². The van der Waals surface area contributed by atoms with Gasteiger partial charge in [-0.3, -0.25) is 4.79 Å². The molecule has 2 heterocycles. The second-order valence-corrected chi connectivity index (χ2v) is 3.53. The van der Waals surface area contributed by atoms with Crippen LogP contribution in [0.15, 0.2) is 6.20 Å². The molecule has 0 radical (unpaired) electrons. The van der Waals surface area contributed by atoms with Crippen molar-refractivity contribution < 1.29 is 4.79 Å². The van der Waals surface area contributed by atoms with Crippen LogP contribution < -0.4 is 16.0 Å². The highest BCUT2D eigenvalue weighted by atomic mass is 35.5. The number of amides is 1. The lowest BCUT2D eigenvalue weighted by Gasteiger charge is -2.28. The molecule has 1 aromatic heterocycles. The Bertz CT molecular complexity index is 397. The Balaban J connectivity index is 2.27. The molecule has 1 aliphatic heterocycles. The maximum atomic E-state index is 11.2. The Hall–Kier alpha value is -1.56. The zero-order chi connectivity index (χ0) is 10.8. The predicted octanol–water partition coefficient (Wildman–Crippen LogP) is -0.352. The molecule has 0 aliphatic carbocycles. The second-order valence-electron chi connectivity index (χ2n) is 3.19. The van der Waals surface area contributed by atoms with Crippen molar-refractivity contribution in [3.05, 3.63) is 11.5 Å². The van der Waals surface area contributed by atoms with Crippen LogP contribution in [-0.2, 0) is 4.79 Å². The summed E-state index contributed by atoms with van der Waals surface area (Å²) in [7, 11) is 0. The van der Waals surface area contributed by atoms with Crippen LogP contribution in [0.2, 0.25) is 5.28 Å². The monoisotopic (exact) mass is 227 g/mol. The number of nitrogens with one attached hydrogen (secondary N) is 1. The van der Waals surface area contributed by atoms with Gasteiger partial charge in [0.1, 0.15) is 0 Å². The number of nitrogens with zero attached hydrogens (tertiary/aromatic N) is 3. The van der Waals surface area contributed by atoms with Gasteiger partial charge in [-0.05, 0) is 11.6 Å². The van der Waals surface area contributed by atoms with Crippen molar-refractivity contribution in [3.63, 3.8) is 0 Å². The SMILES string of the molecule is Nc1cnc(Cl)nc1N1CCNC(=O)C1. The molecule has 80 valence electrons. The molecule has 0 atom stereocenters. The molecule has 0 spiro atoms. The number of hydrogen-bond donors (Lipinski definition) is 2. The average Bonchev–Trinajstić information content (AvgIpc) is 2.22. The van der Waals surface area contributed by atoms with E-state index in [0.717, 1.165) is 0 Å². The molecule has 1 aromatic rings. The molecule has 0 saturated carbocycles. The lowest BCUT2D eigenvalue weighted by molar-refractivity contribution is -0.120. The van der Waals surface area contributed by atoms with E-state index in [4.69, 9.17) is 17.3 Å². The molecular weight excluding hydrogens is 218 g/mol. The highest BCUT2D eigenvalue weighted by Gasteiger charge is 2.19. The van der Waals surface area contributed by atoms with Crippen LogP contribution in [0.4, 0.5) is 11.5 Å². The van der Waals surface area contributed by atoms with E-state index in [0.29, 0.717) is 24.6 Å². The van der Waals surface area contributed by atoms with E-state index in [-0.39, 0.29) is 17.7 Å². The van der Waals surface area contributed by atoms with Gasteiger partial charge in [0.05, 0.1) is 18.4 Å². The van der Waals surface area contributed by atoms with Crippen molar-refractivity contribution >= 4 is 29.0 Å². The smallest absolute Gasteiger partial charge is 0.239 e. The summed E-state index contributed by atoms with van der Waals surface area (Å²) in [4.78, 5) is 20.7. The van der Waals surface area contributed by atoms with E-state index < -0.39 is 0 Å². The fourth-order valence-electron chi connectivity index (χ4n) is 1.43. The van der Waals surface area contributed by atoms with Crippen LogP contribution in [0, 0.1) is 0 Å². The first kappa shape index (κ1) is 9.97. The van der Waals surface area contributed by atoms with Gasteiger partial charge < -0.3 is 16.0 Å². The lowest BCUT2D eigenvalue weighted by Crippen LogP contribution is -2.48. The number of aromatic nitrogens is 2. The summed E-state index contributed by atoms with van der Waals surface area (Å²) in [6.45, 7) is 1.50. The fourth-order valence-corrected chi connectivity index (χ4v) is 1.56. The van der Waals surface area contributed by atoms with Crippen molar-refractivity contribution in [2.75, 3.05) is 30.3 Å². The molecule has 1 amide bonds. The van der Waals surface area contributed by atoms with Crippen LogP contribution >= 0.6 is 11.6 Å². The van der Waals surface area contributed by atoms with Gasteiger partial charge >= 0.3 is 0 Å². The summed E-state index contributed by atoms with van der Waals surface area (Å²) in [5.74, 6) is 0.472. The number of rotatable bonds is 1. The number of anilines is 2. The standard InChI is InChI=1S/C8H10ClN5O/c9-8-12-3-5(10)7(13-8)14-2-1-11-6(15)4-14/h3H,1-2,4,10H2,(H,11,15). The third-order valence-corrected chi connectivity index (χ3v) is 2.29. The minimum atomic E-state index is -0.0459. The van der Waals surface area contributed by atoms with Gasteiger partial charge in [-0.2, -0.15) is 4.98 Å². The molecule has 6 nitrogen and oxygen atoms in total. The molecule has 0 unspecified atom stereocenters. The maximum absolute atomic E-state index is 11.2. The third-order valence-electron chi connectivity index (χ3n) is 2.10. The van der Waals surface area contributed by atoms with Gasteiger partial charge in [0.25, 0.3) is 0 Å². The summed E-state index contributed by atoms with van der Waals surface area (Å²) in [5.41, 5.74) is 6.13. The molecule has 15 heavy (non-hydrogen) atoms. The highest BCUT2D eigenvalue weighted by molar-refractivity contribution is 6.28. The van der Waals surface area contributed by atoms with E-state index in [1.807, 2.05) is 0 Å². The van der Waals surface area contributed by atoms with Gasteiger partial charge in [0.2, 0.25) is 11.2 Å². The van der Waals surface area contributed by atoms with Crippen LogP contribution in [0.25, 0.3) is 0 Å². The molecule has 1 aliphatic rings. The van der Waals surface area contributed by atoms with Gasteiger partial charge in [-0.25, -0.2) is 4.98 Å². The summed E-state index contributed by atoms with van der Waals surface area (Å²) in [6, 6.07) is 0. The van der Waals surface area contributed by atoms with Crippen molar-refractivity contribution in [3.8, 4) is 0 Å². The maximum Gasteiger partial charge on any atom is 0.239 e. The van der Waals surface area contributed by atoms with Crippen molar-refractivity contribution in [2.24, 2.45) is 0 Å². The van der Waals surface area contributed by atoms with E-state index in [1.54, 1.807) is 4.90 Å². The first-order valence-electron chi connectivity index (χ1n) is 4.46. The number of piperazine rings is 1. The van der Waals surface area contributed by atoms with Crippen molar-refractivity contribution in [1.82, 2.24) is 15.3 Å². The third kappa shape index (κ3) is 2.10. The summed E-state index contributed by atoms with van der Waals surface area (Å²) >= 11 is 5.67. The van der Waals surface area contributed by atoms with E-state index in [9.17, 15) is 4.79 Å². The second kappa shape index (κ2) is 3.90. The molecule has 0 bridgehead atoms. The minimum Gasteiger partial charge on any atom is -0.394 e. The van der Waals surface area contributed by atoms with Crippen molar-refractivity contribution in [1.29, 1.82) is 0 Å². The minimum absolute atomic E-state index is 0.0459. The topological polar surface area (TPSA) is 84.1 Å². The van der Waals surface area contributed by atoms with Gasteiger partial charge in [0, 0.05) is 13.1 Å². The Labute approximate surface area is 91.4 Å². The Morgan fingerprint density at radius 1 is 1.60 bits per heavy atom.